The lowest BCUT2D eigenvalue weighted by atomic mass is 10.0. The molecule has 2 aliphatic rings. The van der Waals surface area contributed by atoms with Gasteiger partial charge in [0.1, 0.15) is 0 Å². The summed E-state index contributed by atoms with van der Waals surface area (Å²) in [6, 6.07) is 6.55. The number of alkyl halides is 2. The number of nitrogens with two attached hydrogens (primary N) is 1. The van der Waals surface area contributed by atoms with E-state index in [0.717, 1.165) is 24.0 Å². The van der Waals surface area contributed by atoms with Gasteiger partial charge in [0.05, 0.1) is 17.9 Å². The monoisotopic (exact) mass is 329 g/mol. The minimum atomic E-state index is -2.47. The van der Waals surface area contributed by atoms with Gasteiger partial charge in [-0.3, -0.25) is 9.67 Å². The molecule has 0 amide bonds. The first kappa shape index (κ1) is 15.0. The Balaban J connectivity index is 1.52. The molecule has 0 saturated heterocycles. The molecule has 3 N–H and O–H groups in total. The Kier molecular flexibility index (Phi) is 3.45. The largest absolute Gasteiger partial charge is 0.363 e. The van der Waals surface area contributed by atoms with Crippen LogP contribution in [-0.2, 0) is 5.66 Å². The molecule has 1 aliphatic heterocycles. The molecule has 2 aromatic rings. The van der Waals surface area contributed by atoms with Crippen molar-refractivity contribution >= 4 is 11.9 Å². The Morgan fingerprint density at radius 3 is 2.58 bits per heavy atom. The highest BCUT2D eigenvalue weighted by molar-refractivity contribution is 5.82. The molecular formula is C17H17F2N5. The van der Waals surface area contributed by atoms with Crippen LogP contribution in [0.3, 0.4) is 0 Å². The van der Waals surface area contributed by atoms with E-state index in [0.29, 0.717) is 11.7 Å². The Morgan fingerprint density at radius 1 is 1.25 bits per heavy atom. The number of rotatable bonds is 4. The van der Waals surface area contributed by atoms with Crippen molar-refractivity contribution in [3.8, 4) is 0 Å². The van der Waals surface area contributed by atoms with Crippen LogP contribution in [0.1, 0.15) is 42.0 Å². The summed E-state index contributed by atoms with van der Waals surface area (Å²) in [4.78, 5) is 4.40. The molecule has 1 aromatic carbocycles. The van der Waals surface area contributed by atoms with Gasteiger partial charge in [0, 0.05) is 35.3 Å². The molecule has 2 heterocycles. The van der Waals surface area contributed by atoms with Crippen LogP contribution in [-0.4, -0.2) is 16.0 Å². The van der Waals surface area contributed by atoms with Crippen LogP contribution < -0.4 is 11.1 Å². The lowest BCUT2D eigenvalue weighted by molar-refractivity contribution is 0.151. The maximum atomic E-state index is 12.6. The van der Waals surface area contributed by atoms with Crippen molar-refractivity contribution < 1.29 is 8.78 Å². The summed E-state index contributed by atoms with van der Waals surface area (Å²) in [5, 5.41) is 7.48. The quantitative estimate of drug-likeness (QED) is 0.906. The minimum Gasteiger partial charge on any atom is -0.363 e. The normalized spacial score (nSPS) is 23.2. The van der Waals surface area contributed by atoms with Crippen LogP contribution in [0, 0.1) is 0 Å². The summed E-state index contributed by atoms with van der Waals surface area (Å²) < 4.78 is 27.2. The lowest BCUT2D eigenvalue weighted by Gasteiger charge is -2.28. The van der Waals surface area contributed by atoms with E-state index in [1.807, 2.05) is 10.9 Å². The maximum Gasteiger partial charge on any atom is 0.263 e. The maximum absolute atomic E-state index is 12.6. The van der Waals surface area contributed by atoms with Crippen LogP contribution in [0.5, 0.6) is 0 Å². The van der Waals surface area contributed by atoms with E-state index in [2.05, 4.69) is 15.4 Å². The molecule has 0 radical (unpaired) electrons. The van der Waals surface area contributed by atoms with Crippen LogP contribution in [0.2, 0.25) is 0 Å². The number of nitrogens with zero attached hydrogens (tertiary/aromatic N) is 3. The predicted molar refractivity (Wildman–Crippen MR) is 87.4 cm³/mol. The van der Waals surface area contributed by atoms with Crippen molar-refractivity contribution in [1.29, 1.82) is 0 Å². The number of aliphatic imine (C=N–C) groups is 1. The number of hydrogen-bond donors (Lipinski definition) is 2. The summed E-state index contributed by atoms with van der Waals surface area (Å²) in [6.07, 6.45) is 6.84. The van der Waals surface area contributed by atoms with Gasteiger partial charge in [-0.1, -0.05) is 24.3 Å². The van der Waals surface area contributed by atoms with Gasteiger partial charge in [-0.15, -0.1) is 0 Å². The van der Waals surface area contributed by atoms with Crippen LogP contribution >= 0.6 is 0 Å². The third kappa shape index (κ3) is 2.71. The third-order valence-corrected chi connectivity index (χ3v) is 4.31. The first-order valence-corrected chi connectivity index (χ1v) is 7.80. The van der Waals surface area contributed by atoms with Crippen molar-refractivity contribution in [2.45, 2.75) is 31.0 Å². The second-order valence-electron chi connectivity index (χ2n) is 6.16. The van der Waals surface area contributed by atoms with Crippen molar-refractivity contribution in [3.05, 3.63) is 59.5 Å². The van der Waals surface area contributed by atoms with Gasteiger partial charge in [-0.05, 0) is 12.8 Å². The van der Waals surface area contributed by atoms with Crippen molar-refractivity contribution in [3.63, 3.8) is 0 Å². The molecule has 7 heteroatoms. The molecule has 1 atom stereocenters. The van der Waals surface area contributed by atoms with E-state index in [4.69, 9.17) is 5.73 Å². The zero-order valence-corrected chi connectivity index (χ0v) is 12.9. The van der Waals surface area contributed by atoms with E-state index >= 15 is 0 Å². The second kappa shape index (κ2) is 5.52. The molecule has 5 nitrogen and oxygen atoms in total. The van der Waals surface area contributed by atoms with Crippen LogP contribution in [0.25, 0.3) is 5.70 Å². The average molecular weight is 329 g/mol. The SMILES string of the molecule is NC1(c2cnn(C3CC3)c2)C=NC(c2ccc(C(F)F)cc2)=CN1. The first-order valence-electron chi connectivity index (χ1n) is 7.80. The number of nitrogens with one attached hydrogen (secondary N) is 1. The van der Waals surface area contributed by atoms with Gasteiger partial charge in [0.2, 0.25) is 0 Å². The van der Waals surface area contributed by atoms with Gasteiger partial charge >= 0.3 is 0 Å². The number of benzene rings is 1. The molecule has 1 aliphatic carbocycles. The number of hydrogen-bond acceptors (Lipinski definition) is 4. The molecule has 1 saturated carbocycles. The first-order chi connectivity index (χ1) is 11.5. The molecule has 1 unspecified atom stereocenters. The summed E-state index contributed by atoms with van der Waals surface area (Å²) in [7, 11) is 0. The molecule has 1 fully saturated rings. The Bertz CT molecular complexity index is 805. The Morgan fingerprint density at radius 2 is 2.00 bits per heavy atom. The topological polar surface area (TPSA) is 68.2 Å². The number of halogens is 2. The van der Waals surface area contributed by atoms with Gasteiger partial charge in [0.25, 0.3) is 6.43 Å². The fourth-order valence-corrected chi connectivity index (χ4v) is 2.64. The van der Waals surface area contributed by atoms with E-state index in [-0.39, 0.29) is 5.56 Å². The van der Waals surface area contributed by atoms with Crippen LogP contribution in [0.15, 0.2) is 47.9 Å². The smallest absolute Gasteiger partial charge is 0.263 e. The van der Waals surface area contributed by atoms with E-state index in [1.165, 1.54) is 12.1 Å². The van der Waals surface area contributed by atoms with E-state index in [9.17, 15) is 8.78 Å². The van der Waals surface area contributed by atoms with Gasteiger partial charge in [-0.2, -0.15) is 5.10 Å². The molecule has 24 heavy (non-hydrogen) atoms. The second-order valence-corrected chi connectivity index (χ2v) is 6.16. The summed E-state index contributed by atoms with van der Waals surface area (Å²) in [6.45, 7) is 0. The lowest BCUT2D eigenvalue weighted by Crippen LogP contribution is -2.50. The van der Waals surface area contributed by atoms with Crippen molar-refractivity contribution in [2.24, 2.45) is 10.7 Å². The average Bonchev–Trinajstić information content (AvgIpc) is 3.32. The molecule has 124 valence electrons. The minimum absolute atomic E-state index is 0.00670. The highest BCUT2D eigenvalue weighted by Gasteiger charge is 2.31. The van der Waals surface area contributed by atoms with Crippen LogP contribution in [0.4, 0.5) is 8.78 Å². The summed E-state index contributed by atoms with van der Waals surface area (Å²) in [5.41, 5.74) is 7.67. The van der Waals surface area contributed by atoms with Gasteiger partial charge in [0.15, 0.2) is 5.66 Å². The summed E-state index contributed by atoms with van der Waals surface area (Å²) >= 11 is 0. The highest BCUT2D eigenvalue weighted by atomic mass is 19.3. The van der Waals surface area contributed by atoms with E-state index < -0.39 is 12.1 Å². The van der Waals surface area contributed by atoms with Crippen molar-refractivity contribution in [2.75, 3.05) is 0 Å². The fraction of sp³-hybridized carbons (Fsp3) is 0.294. The van der Waals surface area contributed by atoms with Gasteiger partial charge < -0.3 is 11.1 Å². The Hall–Kier alpha value is -2.54. The van der Waals surface area contributed by atoms with E-state index in [1.54, 1.807) is 30.7 Å². The molecule has 0 bridgehead atoms. The zero-order valence-electron chi connectivity index (χ0n) is 12.9. The fourth-order valence-electron chi connectivity index (χ4n) is 2.64. The predicted octanol–water partition coefficient (Wildman–Crippen LogP) is 2.94. The Labute approximate surface area is 137 Å². The standard InChI is InChI=1S/C17H17F2N5/c18-16(19)12-3-1-11(2-4-12)15-8-22-17(20,10-21-15)13-7-23-24(9-13)14-5-6-14/h1-4,7-10,14,16,22H,5-6,20H2. The van der Waals surface area contributed by atoms with Gasteiger partial charge in [-0.25, -0.2) is 8.78 Å². The number of aromatic nitrogens is 2. The molecule has 0 spiro atoms. The summed E-state index contributed by atoms with van der Waals surface area (Å²) in [5.74, 6) is 0. The molecule has 1 aromatic heterocycles. The third-order valence-electron chi connectivity index (χ3n) is 4.31. The zero-order chi connectivity index (χ0) is 16.7. The molecular weight excluding hydrogens is 312 g/mol. The van der Waals surface area contributed by atoms with Crippen molar-refractivity contribution in [1.82, 2.24) is 15.1 Å². The highest BCUT2D eigenvalue weighted by Crippen LogP contribution is 2.35. The molecule has 4 rings (SSSR count).